The lowest BCUT2D eigenvalue weighted by atomic mass is 10.0. The molecule has 166 valence electrons. The molecule has 0 bridgehead atoms. The first-order chi connectivity index (χ1) is 14.1. The van der Waals surface area contributed by atoms with E-state index >= 15 is 0 Å². The highest BCUT2D eigenvalue weighted by Crippen LogP contribution is 2.31. The van der Waals surface area contributed by atoms with Crippen LogP contribution in [0.2, 0.25) is 0 Å². The topological polar surface area (TPSA) is 74.3 Å². The SMILES string of the molecule is CCCCCCCCCC/C=C/C(CC(=O)OC)C(=O)OC12COCN1COC2. The summed E-state index contributed by atoms with van der Waals surface area (Å²) in [4.78, 5) is 26.4. The summed E-state index contributed by atoms with van der Waals surface area (Å²) in [5.41, 5.74) is -0.864. The molecule has 2 heterocycles. The molecule has 2 aliphatic heterocycles. The summed E-state index contributed by atoms with van der Waals surface area (Å²) < 4.78 is 21.3. The molecule has 1 atom stereocenters. The smallest absolute Gasteiger partial charge is 0.315 e. The summed E-state index contributed by atoms with van der Waals surface area (Å²) in [5.74, 6) is -1.53. The molecule has 0 spiro atoms. The fourth-order valence-electron chi connectivity index (χ4n) is 3.66. The second-order valence-corrected chi connectivity index (χ2v) is 7.94. The van der Waals surface area contributed by atoms with Gasteiger partial charge in [-0.1, -0.05) is 64.0 Å². The molecule has 2 saturated heterocycles. The van der Waals surface area contributed by atoms with Crippen LogP contribution in [0.15, 0.2) is 12.2 Å². The number of nitrogens with zero attached hydrogens (tertiary/aromatic N) is 1. The molecule has 2 aliphatic rings. The number of allylic oxidation sites excluding steroid dienone is 1. The zero-order chi connectivity index (χ0) is 21.0. The average molecular weight is 412 g/mol. The molecule has 0 aromatic carbocycles. The molecule has 2 fully saturated rings. The first-order valence-corrected chi connectivity index (χ1v) is 11.0. The summed E-state index contributed by atoms with van der Waals surface area (Å²) in [6.07, 6.45) is 14.7. The molecule has 2 rings (SSSR count). The maximum Gasteiger partial charge on any atom is 0.315 e. The number of carbonyl (C=O) groups is 2. The van der Waals surface area contributed by atoms with Gasteiger partial charge in [0.25, 0.3) is 0 Å². The molecule has 0 amide bonds. The summed E-state index contributed by atoms with van der Waals surface area (Å²) in [6, 6.07) is 0. The number of ether oxygens (including phenoxy) is 4. The van der Waals surface area contributed by atoms with Crippen LogP contribution in [0.1, 0.15) is 71.1 Å². The van der Waals surface area contributed by atoms with Crippen molar-refractivity contribution >= 4 is 11.9 Å². The van der Waals surface area contributed by atoms with Gasteiger partial charge >= 0.3 is 11.9 Å². The Morgan fingerprint density at radius 2 is 1.66 bits per heavy atom. The number of fused-ring (bicyclic) bond motifs is 1. The van der Waals surface area contributed by atoms with Crippen LogP contribution in [0.4, 0.5) is 0 Å². The molecule has 0 aromatic rings. The molecular formula is C22H37NO6. The van der Waals surface area contributed by atoms with Crippen LogP contribution < -0.4 is 0 Å². The van der Waals surface area contributed by atoms with Gasteiger partial charge in [-0.3, -0.25) is 9.59 Å². The van der Waals surface area contributed by atoms with Crippen molar-refractivity contribution in [2.75, 3.05) is 33.8 Å². The monoisotopic (exact) mass is 411 g/mol. The highest BCUT2D eigenvalue weighted by atomic mass is 16.7. The van der Waals surface area contributed by atoms with Crippen LogP contribution in [-0.4, -0.2) is 56.3 Å². The van der Waals surface area contributed by atoms with Crippen molar-refractivity contribution in [3.05, 3.63) is 12.2 Å². The van der Waals surface area contributed by atoms with Crippen molar-refractivity contribution in [2.45, 2.75) is 76.9 Å². The lowest BCUT2D eigenvalue weighted by molar-refractivity contribution is -0.175. The molecule has 0 N–H and O–H groups in total. The minimum Gasteiger partial charge on any atom is -0.469 e. The Kier molecular flexibility index (Phi) is 10.7. The number of rotatable bonds is 14. The molecule has 29 heavy (non-hydrogen) atoms. The minimum absolute atomic E-state index is 0.0267. The Morgan fingerprint density at radius 1 is 1.03 bits per heavy atom. The third-order valence-electron chi connectivity index (χ3n) is 5.53. The molecule has 7 heteroatoms. The lowest BCUT2D eigenvalue weighted by Crippen LogP contribution is -2.48. The van der Waals surface area contributed by atoms with Crippen LogP contribution in [0.3, 0.4) is 0 Å². The maximum absolute atomic E-state index is 12.8. The fraction of sp³-hybridized carbons (Fsp3) is 0.818. The Morgan fingerprint density at radius 3 is 2.28 bits per heavy atom. The highest BCUT2D eigenvalue weighted by molar-refractivity contribution is 5.81. The van der Waals surface area contributed by atoms with Gasteiger partial charge in [-0.05, 0) is 12.8 Å². The van der Waals surface area contributed by atoms with E-state index in [1.165, 1.54) is 52.1 Å². The molecule has 7 nitrogen and oxygen atoms in total. The van der Waals surface area contributed by atoms with Gasteiger partial charge in [0.05, 0.1) is 19.4 Å². The van der Waals surface area contributed by atoms with E-state index in [1.54, 1.807) is 6.08 Å². The Labute approximate surface area is 174 Å². The van der Waals surface area contributed by atoms with E-state index in [2.05, 4.69) is 6.92 Å². The molecule has 0 aromatic heterocycles. The largest absolute Gasteiger partial charge is 0.469 e. The quantitative estimate of drug-likeness (QED) is 0.245. The molecule has 0 radical (unpaired) electrons. The molecule has 1 unspecified atom stereocenters. The summed E-state index contributed by atoms with van der Waals surface area (Å²) in [5, 5.41) is 0. The van der Waals surface area contributed by atoms with E-state index in [1.807, 2.05) is 11.0 Å². The predicted molar refractivity (Wildman–Crippen MR) is 109 cm³/mol. The number of methoxy groups -OCH3 is 1. The minimum atomic E-state index is -0.864. The van der Waals surface area contributed by atoms with Gasteiger partial charge in [0, 0.05) is 0 Å². The van der Waals surface area contributed by atoms with Crippen molar-refractivity contribution in [2.24, 2.45) is 5.92 Å². The van der Waals surface area contributed by atoms with E-state index < -0.39 is 23.6 Å². The van der Waals surface area contributed by atoms with Crippen molar-refractivity contribution in [3.63, 3.8) is 0 Å². The van der Waals surface area contributed by atoms with Gasteiger partial charge < -0.3 is 18.9 Å². The Bertz CT molecular complexity index is 525. The lowest BCUT2D eigenvalue weighted by Gasteiger charge is -2.28. The van der Waals surface area contributed by atoms with Crippen LogP contribution in [-0.2, 0) is 28.5 Å². The van der Waals surface area contributed by atoms with Crippen LogP contribution in [0.25, 0.3) is 0 Å². The number of hydrogen-bond acceptors (Lipinski definition) is 7. The zero-order valence-corrected chi connectivity index (χ0v) is 18.0. The average Bonchev–Trinajstić information content (AvgIpc) is 3.27. The summed E-state index contributed by atoms with van der Waals surface area (Å²) >= 11 is 0. The molecule has 0 aliphatic carbocycles. The van der Waals surface area contributed by atoms with Crippen LogP contribution in [0, 0.1) is 5.92 Å². The Hall–Kier alpha value is -1.44. The predicted octanol–water partition coefficient (Wildman–Crippen LogP) is 3.77. The second kappa shape index (κ2) is 13.0. The van der Waals surface area contributed by atoms with Gasteiger partial charge in [0.15, 0.2) is 0 Å². The van der Waals surface area contributed by atoms with Crippen molar-refractivity contribution in [3.8, 4) is 0 Å². The van der Waals surface area contributed by atoms with E-state index in [0.29, 0.717) is 13.5 Å². The van der Waals surface area contributed by atoms with Crippen molar-refractivity contribution < 1.29 is 28.5 Å². The van der Waals surface area contributed by atoms with Gasteiger partial charge in [-0.25, -0.2) is 4.90 Å². The van der Waals surface area contributed by atoms with E-state index in [4.69, 9.17) is 18.9 Å². The van der Waals surface area contributed by atoms with Crippen LogP contribution in [0.5, 0.6) is 0 Å². The van der Waals surface area contributed by atoms with Crippen molar-refractivity contribution in [1.29, 1.82) is 0 Å². The Balaban J connectivity index is 1.76. The van der Waals surface area contributed by atoms with E-state index in [-0.39, 0.29) is 19.6 Å². The highest BCUT2D eigenvalue weighted by Gasteiger charge is 2.50. The summed E-state index contributed by atoms with van der Waals surface area (Å²) in [6.45, 7) is 3.55. The fourth-order valence-corrected chi connectivity index (χ4v) is 3.66. The van der Waals surface area contributed by atoms with Gasteiger partial charge in [-0.15, -0.1) is 0 Å². The standard InChI is InChI=1S/C22H37NO6/c1-3-4-5-6-7-8-9-10-11-12-13-19(14-20(24)26-2)21(25)29-22-15-27-17-23(22)18-28-16-22/h12-13,19H,3-11,14-18H2,1-2H3/b13-12+. The molecule has 0 saturated carbocycles. The van der Waals surface area contributed by atoms with Crippen LogP contribution >= 0.6 is 0 Å². The van der Waals surface area contributed by atoms with Crippen molar-refractivity contribution in [1.82, 2.24) is 4.90 Å². The number of esters is 2. The number of hydrogen-bond donors (Lipinski definition) is 0. The first kappa shape index (κ1) is 23.8. The zero-order valence-electron chi connectivity index (χ0n) is 18.0. The van der Waals surface area contributed by atoms with Gasteiger partial charge in [-0.2, -0.15) is 0 Å². The summed E-state index contributed by atoms with van der Waals surface area (Å²) in [7, 11) is 1.32. The third-order valence-corrected chi connectivity index (χ3v) is 5.53. The number of unbranched alkanes of at least 4 members (excludes halogenated alkanes) is 8. The first-order valence-electron chi connectivity index (χ1n) is 11.0. The third kappa shape index (κ3) is 7.72. The molecular weight excluding hydrogens is 374 g/mol. The van der Waals surface area contributed by atoms with Gasteiger partial charge in [0.1, 0.15) is 26.7 Å². The van der Waals surface area contributed by atoms with E-state index in [0.717, 1.165) is 12.8 Å². The van der Waals surface area contributed by atoms with Gasteiger partial charge in [0.2, 0.25) is 5.72 Å². The maximum atomic E-state index is 12.8. The second-order valence-electron chi connectivity index (χ2n) is 7.94. The normalized spacial score (nSPS) is 19.4. The van der Waals surface area contributed by atoms with E-state index in [9.17, 15) is 9.59 Å². The number of carbonyl (C=O) groups excluding carboxylic acids is 2.